The minimum atomic E-state index is 0. The standard InChI is InChI=1S/C18H23N5S.HI/c1-3-19-18(21-12-14-9-8-13(2)24-14)20-11-10-17-22-15-6-4-5-7-16(15)23-17;/h4-9H,3,10-12H2,1-2H3,(H,22,23)(H2,19,20,21);1H. The van der Waals surface area contributed by atoms with E-state index in [1.807, 2.05) is 24.3 Å². The molecule has 0 aliphatic carbocycles. The number of aromatic nitrogens is 2. The molecule has 5 nitrogen and oxygen atoms in total. The van der Waals surface area contributed by atoms with E-state index in [2.05, 4.69) is 51.6 Å². The van der Waals surface area contributed by atoms with Gasteiger partial charge < -0.3 is 15.6 Å². The van der Waals surface area contributed by atoms with Gasteiger partial charge in [0.1, 0.15) is 5.82 Å². The van der Waals surface area contributed by atoms with Crippen LogP contribution in [0.4, 0.5) is 0 Å². The Morgan fingerprint density at radius 2 is 2.04 bits per heavy atom. The number of aromatic amines is 1. The van der Waals surface area contributed by atoms with E-state index in [1.165, 1.54) is 9.75 Å². The Kier molecular flexibility index (Phi) is 7.70. The molecule has 7 heteroatoms. The zero-order chi connectivity index (χ0) is 16.8. The smallest absolute Gasteiger partial charge is 0.191 e. The number of H-pyrrole nitrogens is 1. The fourth-order valence-corrected chi connectivity index (χ4v) is 3.31. The van der Waals surface area contributed by atoms with Gasteiger partial charge in [0, 0.05) is 29.3 Å². The van der Waals surface area contributed by atoms with Gasteiger partial charge >= 0.3 is 0 Å². The van der Waals surface area contributed by atoms with E-state index in [0.717, 1.165) is 42.3 Å². The molecule has 0 spiro atoms. The van der Waals surface area contributed by atoms with E-state index in [1.54, 1.807) is 11.3 Å². The van der Waals surface area contributed by atoms with Gasteiger partial charge in [-0.25, -0.2) is 9.98 Å². The summed E-state index contributed by atoms with van der Waals surface area (Å²) in [6.45, 7) is 6.54. The van der Waals surface area contributed by atoms with Gasteiger partial charge in [-0.3, -0.25) is 0 Å². The third kappa shape index (κ3) is 5.71. The van der Waals surface area contributed by atoms with Crippen molar-refractivity contribution < 1.29 is 0 Å². The number of aryl methyl sites for hydroxylation is 1. The number of para-hydroxylation sites is 2. The second kappa shape index (κ2) is 9.76. The average Bonchev–Trinajstić information content (AvgIpc) is 3.18. The van der Waals surface area contributed by atoms with Crippen LogP contribution >= 0.6 is 35.3 Å². The third-order valence-corrected chi connectivity index (χ3v) is 4.61. The molecule has 0 bridgehead atoms. The second-order valence-corrected chi connectivity index (χ2v) is 6.96. The molecule has 25 heavy (non-hydrogen) atoms. The van der Waals surface area contributed by atoms with Gasteiger partial charge in [-0.15, -0.1) is 35.3 Å². The number of nitrogens with zero attached hydrogens (tertiary/aromatic N) is 2. The van der Waals surface area contributed by atoms with E-state index in [0.29, 0.717) is 6.54 Å². The summed E-state index contributed by atoms with van der Waals surface area (Å²) in [6.07, 6.45) is 0.831. The fraction of sp³-hybridized carbons (Fsp3) is 0.333. The third-order valence-electron chi connectivity index (χ3n) is 3.63. The second-order valence-electron chi connectivity index (χ2n) is 5.58. The van der Waals surface area contributed by atoms with Gasteiger partial charge in [-0.1, -0.05) is 12.1 Å². The van der Waals surface area contributed by atoms with Crippen molar-refractivity contribution in [3.05, 3.63) is 52.0 Å². The van der Waals surface area contributed by atoms with Crippen molar-refractivity contribution in [1.82, 2.24) is 20.6 Å². The van der Waals surface area contributed by atoms with E-state index in [4.69, 9.17) is 0 Å². The first-order valence-electron chi connectivity index (χ1n) is 8.25. The lowest BCUT2D eigenvalue weighted by Crippen LogP contribution is -2.38. The molecule has 2 aromatic heterocycles. The summed E-state index contributed by atoms with van der Waals surface area (Å²) in [5, 5.41) is 6.66. The number of fused-ring (bicyclic) bond motifs is 1. The van der Waals surface area contributed by atoms with Crippen molar-refractivity contribution in [2.75, 3.05) is 13.1 Å². The SMILES string of the molecule is CCNC(=NCc1ccc(C)s1)NCCc1nc2ccccc2[nH]1.I. The predicted molar refractivity (Wildman–Crippen MR) is 117 cm³/mol. The molecule has 0 unspecified atom stereocenters. The molecular weight excluding hydrogens is 445 g/mol. The van der Waals surface area contributed by atoms with Gasteiger partial charge in [0.2, 0.25) is 0 Å². The number of hydrogen-bond donors (Lipinski definition) is 3. The number of nitrogens with one attached hydrogen (secondary N) is 3. The van der Waals surface area contributed by atoms with Crippen LogP contribution in [0.2, 0.25) is 0 Å². The normalized spacial score (nSPS) is 11.4. The van der Waals surface area contributed by atoms with Crippen molar-refractivity contribution >= 4 is 52.3 Å². The minimum Gasteiger partial charge on any atom is -0.357 e. The number of hydrogen-bond acceptors (Lipinski definition) is 3. The Morgan fingerprint density at radius 3 is 2.76 bits per heavy atom. The van der Waals surface area contributed by atoms with Gasteiger partial charge in [0.25, 0.3) is 0 Å². The van der Waals surface area contributed by atoms with Crippen LogP contribution in [0.3, 0.4) is 0 Å². The zero-order valence-corrected chi connectivity index (χ0v) is 17.7. The first-order chi connectivity index (χ1) is 11.7. The number of guanidine groups is 1. The Morgan fingerprint density at radius 1 is 1.20 bits per heavy atom. The molecule has 3 N–H and O–H groups in total. The highest BCUT2D eigenvalue weighted by Gasteiger charge is 2.03. The highest BCUT2D eigenvalue weighted by Crippen LogP contribution is 2.15. The van der Waals surface area contributed by atoms with Gasteiger partial charge in [0.15, 0.2) is 5.96 Å². The Bertz CT molecular complexity index is 791. The average molecular weight is 469 g/mol. The highest BCUT2D eigenvalue weighted by atomic mass is 127. The van der Waals surface area contributed by atoms with Crippen LogP contribution in [0.15, 0.2) is 41.4 Å². The van der Waals surface area contributed by atoms with Crippen LogP contribution in [0.25, 0.3) is 11.0 Å². The molecule has 0 amide bonds. The summed E-state index contributed by atoms with van der Waals surface area (Å²) in [4.78, 5) is 15.2. The van der Waals surface area contributed by atoms with E-state index in [9.17, 15) is 0 Å². The number of rotatable bonds is 6. The molecule has 0 atom stereocenters. The molecule has 0 fully saturated rings. The summed E-state index contributed by atoms with van der Waals surface area (Å²) in [6, 6.07) is 12.4. The van der Waals surface area contributed by atoms with Crippen LogP contribution in [0.5, 0.6) is 0 Å². The van der Waals surface area contributed by atoms with Gasteiger partial charge in [-0.2, -0.15) is 0 Å². The molecule has 134 valence electrons. The van der Waals surface area contributed by atoms with Gasteiger partial charge in [-0.05, 0) is 38.1 Å². The van der Waals surface area contributed by atoms with Crippen molar-refractivity contribution in [3.8, 4) is 0 Å². The Hall–Kier alpha value is -1.61. The lowest BCUT2D eigenvalue weighted by atomic mass is 10.3. The van der Waals surface area contributed by atoms with Crippen molar-refractivity contribution in [1.29, 1.82) is 0 Å². The molecule has 2 heterocycles. The maximum Gasteiger partial charge on any atom is 0.191 e. The zero-order valence-electron chi connectivity index (χ0n) is 14.5. The molecule has 0 saturated heterocycles. The minimum absolute atomic E-state index is 0. The monoisotopic (exact) mass is 469 g/mol. The summed E-state index contributed by atoms with van der Waals surface area (Å²) < 4.78 is 0. The van der Waals surface area contributed by atoms with Crippen LogP contribution in [-0.2, 0) is 13.0 Å². The van der Waals surface area contributed by atoms with Crippen LogP contribution in [0.1, 0.15) is 22.5 Å². The molecule has 0 aliphatic heterocycles. The first kappa shape index (κ1) is 19.7. The molecule has 0 aliphatic rings. The maximum absolute atomic E-state index is 4.65. The highest BCUT2D eigenvalue weighted by molar-refractivity contribution is 14.0. The van der Waals surface area contributed by atoms with Crippen LogP contribution in [-0.4, -0.2) is 29.0 Å². The predicted octanol–water partition coefficient (Wildman–Crippen LogP) is 3.85. The summed E-state index contributed by atoms with van der Waals surface area (Å²) in [7, 11) is 0. The molecule has 1 aromatic carbocycles. The summed E-state index contributed by atoms with van der Waals surface area (Å²) in [5.41, 5.74) is 2.10. The lowest BCUT2D eigenvalue weighted by molar-refractivity contribution is 0.781. The van der Waals surface area contributed by atoms with Crippen LogP contribution in [0, 0.1) is 6.92 Å². The van der Waals surface area contributed by atoms with E-state index < -0.39 is 0 Å². The van der Waals surface area contributed by atoms with Gasteiger partial charge in [0.05, 0.1) is 17.6 Å². The van der Waals surface area contributed by atoms with E-state index in [-0.39, 0.29) is 24.0 Å². The fourth-order valence-electron chi connectivity index (χ4n) is 2.49. The van der Waals surface area contributed by atoms with Crippen molar-refractivity contribution in [3.63, 3.8) is 0 Å². The Balaban J connectivity index is 0.00000225. The number of thiophene rings is 1. The van der Waals surface area contributed by atoms with Crippen LogP contribution < -0.4 is 10.6 Å². The topological polar surface area (TPSA) is 65.1 Å². The number of imidazole rings is 1. The first-order valence-corrected chi connectivity index (χ1v) is 9.07. The van der Waals surface area contributed by atoms with E-state index >= 15 is 0 Å². The summed E-state index contributed by atoms with van der Waals surface area (Å²) >= 11 is 1.79. The molecule has 0 saturated carbocycles. The molecule has 0 radical (unpaired) electrons. The van der Waals surface area contributed by atoms with Crippen molar-refractivity contribution in [2.24, 2.45) is 4.99 Å². The lowest BCUT2D eigenvalue weighted by Gasteiger charge is -2.10. The number of aliphatic imine (C=N–C) groups is 1. The molecule has 3 aromatic rings. The largest absolute Gasteiger partial charge is 0.357 e. The summed E-state index contributed by atoms with van der Waals surface area (Å²) in [5.74, 6) is 1.84. The van der Waals surface area contributed by atoms with Crippen molar-refractivity contribution in [2.45, 2.75) is 26.8 Å². The maximum atomic E-state index is 4.65. The number of benzene rings is 1. The Labute approximate surface area is 169 Å². The molecule has 3 rings (SSSR count). The number of halogens is 1. The quantitative estimate of drug-likeness (QED) is 0.292. The molecular formula is C18H24IN5S.